The number of aromatic nitrogens is 2. The first-order chi connectivity index (χ1) is 9.56. The summed E-state index contributed by atoms with van der Waals surface area (Å²) >= 11 is 0. The monoisotopic (exact) mass is 272 g/mol. The number of nitrogens with zero attached hydrogens (tertiary/aromatic N) is 2. The van der Waals surface area contributed by atoms with Gasteiger partial charge in [-0.1, -0.05) is 30.3 Å². The Kier molecular flexibility index (Phi) is 3.95. The number of carboxylic acid groups (broad SMARTS) is 1. The molecule has 0 unspecified atom stereocenters. The zero-order chi connectivity index (χ0) is 14.5. The molecule has 2 rings (SSSR count). The second-order valence-corrected chi connectivity index (χ2v) is 4.11. The fourth-order valence-corrected chi connectivity index (χ4v) is 1.62. The largest absolute Gasteiger partial charge is 0.507 e. The van der Waals surface area contributed by atoms with E-state index < -0.39 is 17.5 Å². The number of benzene rings is 1. The highest BCUT2D eigenvalue weighted by atomic mass is 16.4. The van der Waals surface area contributed by atoms with Gasteiger partial charge in [-0.25, -0.2) is 4.79 Å². The average Bonchev–Trinajstić information content (AvgIpc) is 2.88. The molecule has 1 aromatic heterocycles. The number of carbonyl (C=O) groups is 2. The number of aliphatic carboxylic acids is 1. The number of aliphatic hydroxyl groups is 1. The number of rotatable bonds is 5. The van der Waals surface area contributed by atoms with Crippen LogP contribution < -0.4 is 0 Å². The second-order valence-electron chi connectivity index (χ2n) is 4.11. The number of aliphatic hydroxyl groups excluding tert-OH is 1. The fraction of sp³-hybridized carbons (Fsp3) is 0.0714. The van der Waals surface area contributed by atoms with E-state index in [0.717, 1.165) is 5.56 Å². The van der Waals surface area contributed by atoms with E-state index in [4.69, 9.17) is 5.11 Å². The Morgan fingerprint density at radius 1 is 1.20 bits per heavy atom. The van der Waals surface area contributed by atoms with Gasteiger partial charge in [0, 0.05) is 12.3 Å². The molecule has 0 aliphatic carbocycles. The first kappa shape index (κ1) is 13.5. The van der Waals surface area contributed by atoms with Crippen LogP contribution in [0, 0.1) is 0 Å². The van der Waals surface area contributed by atoms with Crippen molar-refractivity contribution >= 4 is 17.5 Å². The summed E-state index contributed by atoms with van der Waals surface area (Å²) in [6.07, 6.45) is 3.56. The molecule has 2 aromatic rings. The van der Waals surface area contributed by atoms with Crippen molar-refractivity contribution in [3.63, 3.8) is 0 Å². The van der Waals surface area contributed by atoms with Crippen molar-refractivity contribution in [3.8, 4) is 0 Å². The van der Waals surface area contributed by atoms with Crippen molar-refractivity contribution in [2.24, 2.45) is 0 Å². The molecule has 0 fully saturated rings. The van der Waals surface area contributed by atoms with Crippen LogP contribution in [-0.2, 0) is 16.1 Å². The van der Waals surface area contributed by atoms with E-state index in [9.17, 15) is 14.7 Å². The van der Waals surface area contributed by atoms with Gasteiger partial charge in [0.05, 0.1) is 18.3 Å². The van der Waals surface area contributed by atoms with E-state index >= 15 is 0 Å². The van der Waals surface area contributed by atoms with Crippen LogP contribution in [0.15, 0.2) is 48.8 Å². The summed E-state index contributed by atoms with van der Waals surface area (Å²) in [7, 11) is 0. The summed E-state index contributed by atoms with van der Waals surface area (Å²) in [4.78, 5) is 21.3. The zero-order valence-corrected chi connectivity index (χ0v) is 10.4. The van der Waals surface area contributed by atoms with Crippen molar-refractivity contribution in [1.29, 1.82) is 0 Å². The first-order valence-corrected chi connectivity index (χ1v) is 5.81. The lowest BCUT2D eigenvalue weighted by Crippen LogP contribution is -2.09. The van der Waals surface area contributed by atoms with Gasteiger partial charge >= 0.3 is 5.97 Å². The normalized spacial score (nSPS) is 11.3. The first-order valence-electron chi connectivity index (χ1n) is 5.81. The molecule has 0 amide bonds. The Morgan fingerprint density at radius 3 is 2.55 bits per heavy atom. The molecule has 0 saturated heterocycles. The highest BCUT2D eigenvalue weighted by Crippen LogP contribution is 2.11. The lowest BCUT2D eigenvalue weighted by molar-refractivity contribution is -0.146. The van der Waals surface area contributed by atoms with E-state index in [1.807, 2.05) is 30.3 Å². The molecule has 0 atom stereocenters. The minimum absolute atomic E-state index is 0.288. The molecule has 6 nitrogen and oxygen atoms in total. The van der Waals surface area contributed by atoms with Gasteiger partial charge in [0.15, 0.2) is 0 Å². The van der Waals surface area contributed by atoms with E-state index in [1.54, 1.807) is 4.68 Å². The summed E-state index contributed by atoms with van der Waals surface area (Å²) in [6, 6.07) is 9.59. The standard InChI is InChI=1S/C14H12N2O4/c17-12(6-13(18)14(19)20)11-7-15-16(9-11)8-10-4-2-1-3-5-10/h1-7,9,17H,8H2,(H,19,20). The molecular formula is C14H12N2O4. The predicted octanol–water partition coefficient (Wildman–Crippen LogP) is 1.48. The van der Waals surface area contributed by atoms with Gasteiger partial charge in [-0.05, 0) is 5.56 Å². The lowest BCUT2D eigenvalue weighted by atomic mass is 10.2. The molecule has 1 aromatic carbocycles. The van der Waals surface area contributed by atoms with Crippen LogP contribution in [0.3, 0.4) is 0 Å². The molecule has 0 radical (unpaired) electrons. The Bertz CT molecular complexity index is 659. The van der Waals surface area contributed by atoms with Crippen molar-refractivity contribution in [2.45, 2.75) is 6.54 Å². The zero-order valence-electron chi connectivity index (χ0n) is 10.4. The molecule has 0 spiro atoms. The van der Waals surface area contributed by atoms with Crippen LogP contribution >= 0.6 is 0 Å². The third kappa shape index (κ3) is 3.32. The molecule has 2 N–H and O–H groups in total. The Hall–Kier alpha value is -2.89. The summed E-state index contributed by atoms with van der Waals surface area (Å²) < 4.78 is 1.58. The second kappa shape index (κ2) is 5.83. The van der Waals surface area contributed by atoms with Gasteiger partial charge in [-0.3, -0.25) is 9.48 Å². The van der Waals surface area contributed by atoms with Crippen LogP contribution in [0.25, 0.3) is 5.76 Å². The molecule has 0 aliphatic rings. The minimum atomic E-state index is -1.62. The molecule has 20 heavy (non-hydrogen) atoms. The van der Waals surface area contributed by atoms with Crippen LogP contribution in [0.2, 0.25) is 0 Å². The highest BCUT2D eigenvalue weighted by molar-refractivity contribution is 6.38. The number of carboxylic acids is 1. The Labute approximate surface area is 114 Å². The summed E-state index contributed by atoms with van der Waals surface area (Å²) in [6.45, 7) is 0.515. The molecule has 6 heteroatoms. The van der Waals surface area contributed by atoms with Crippen LogP contribution in [0.5, 0.6) is 0 Å². The number of hydrogen-bond donors (Lipinski definition) is 2. The maximum absolute atomic E-state index is 11.0. The molecule has 1 heterocycles. The summed E-state index contributed by atoms with van der Waals surface area (Å²) in [5.41, 5.74) is 1.32. The lowest BCUT2D eigenvalue weighted by Gasteiger charge is -2.00. The van der Waals surface area contributed by atoms with E-state index in [1.165, 1.54) is 12.4 Å². The average molecular weight is 272 g/mol. The van der Waals surface area contributed by atoms with Gasteiger partial charge < -0.3 is 10.2 Å². The van der Waals surface area contributed by atoms with Crippen LogP contribution in [-0.4, -0.2) is 31.7 Å². The van der Waals surface area contributed by atoms with Gasteiger partial charge in [0.25, 0.3) is 5.78 Å². The number of carbonyl (C=O) groups excluding carboxylic acids is 1. The van der Waals surface area contributed by atoms with Gasteiger partial charge in [0.2, 0.25) is 0 Å². The number of hydrogen-bond acceptors (Lipinski definition) is 4. The maximum atomic E-state index is 11.0. The molecule has 0 bridgehead atoms. The van der Waals surface area contributed by atoms with E-state index in [2.05, 4.69) is 5.10 Å². The van der Waals surface area contributed by atoms with Crippen molar-refractivity contribution < 1.29 is 19.8 Å². The van der Waals surface area contributed by atoms with E-state index in [-0.39, 0.29) is 5.56 Å². The quantitative estimate of drug-likeness (QED) is 0.488. The third-order valence-corrected chi connectivity index (χ3v) is 2.60. The number of ketones is 1. The minimum Gasteiger partial charge on any atom is -0.507 e. The highest BCUT2D eigenvalue weighted by Gasteiger charge is 2.11. The molecule has 102 valence electrons. The van der Waals surface area contributed by atoms with E-state index in [0.29, 0.717) is 12.6 Å². The smallest absolute Gasteiger partial charge is 0.376 e. The fourth-order valence-electron chi connectivity index (χ4n) is 1.62. The Morgan fingerprint density at radius 2 is 1.90 bits per heavy atom. The molecule has 0 aliphatic heterocycles. The summed E-state index contributed by atoms with van der Waals surface area (Å²) in [5, 5.41) is 22.1. The van der Waals surface area contributed by atoms with Crippen molar-refractivity contribution in [1.82, 2.24) is 9.78 Å². The maximum Gasteiger partial charge on any atom is 0.376 e. The predicted molar refractivity (Wildman–Crippen MR) is 71.0 cm³/mol. The van der Waals surface area contributed by atoms with Crippen LogP contribution in [0.1, 0.15) is 11.1 Å². The molecular weight excluding hydrogens is 260 g/mol. The van der Waals surface area contributed by atoms with Gasteiger partial charge in [-0.15, -0.1) is 0 Å². The molecule has 0 saturated carbocycles. The third-order valence-electron chi connectivity index (χ3n) is 2.60. The Balaban J connectivity index is 2.13. The van der Waals surface area contributed by atoms with Crippen molar-refractivity contribution in [2.75, 3.05) is 0 Å². The van der Waals surface area contributed by atoms with Crippen LogP contribution in [0.4, 0.5) is 0 Å². The van der Waals surface area contributed by atoms with Gasteiger partial charge in [0.1, 0.15) is 5.76 Å². The van der Waals surface area contributed by atoms with Gasteiger partial charge in [-0.2, -0.15) is 5.10 Å². The SMILES string of the molecule is O=C(O)C(=O)C=C(O)c1cnn(Cc2ccccc2)c1. The topological polar surface area (TPSA) is 92.4 Å². The van der Waals surface area contributed by atoms with Crippen molar-refractivity contribution in [3.05, 3.63) is 59.9 Å². The summed E-state index contributed by atoms with van der Waals surface area (Å²) in [5.74, 6) is -3.22.